The quantitative estimate of drug-likeness (QED) is 0.523. The Bertz CT molecular complexity index is 969. The predicted octanol–water partition coefficient (Wildman–Crippen LogP) is 2.33. The van der Waals surface area contributed by atoms with Gasteiger partial charge in [-0.3, -0.25) is 19.6 Å². The fourth-order valence-corrected chi connectivity index (χ4v) is 3.70. The molecular weight excluding hydrogens is 454 g/mol. The summed E-state index contributed by atoms with van der Waals surface area (Å²) in [6.45, 7) is 3.73. The second kappa shape index (κ2) is 9.40. The number of carbonyl (C=O) groups is 3. The molecule has 0 bridgehead atoms. The summed E-state index contributed by atoms with van der Waals surface area (Å²) in [4.78, 5) is 40.5. The first-order valence-corrected chi connectivity index (χ1v) is 10.5. The standard InChI is InChI=1S/C20H24BrN5O4/c1-11(15-8-6-13-5-7-14(21)10-17(13)24-15)22-18(27)16-4-3-9-26(25-16)19(28)12(2)23-20(29)30/h5-8,10-12,16,23,25H,3-4,9H2,1-2H3,(H,22,27)(H,29,30)/t11-,12+,16+/m1/s1. The van der Waals surface area contributed by atoms with E-state index in [0.717, 1.165) is 21.1 Å². The van der Waals surface area contributed by atoms with Crippen molar-refractivity contribution in [2.75, 3.05) is 6.54 Å². The van der Waals surface area contributed by atoms with Gasteiger partial charge in [0.25, 0.3) is 5.91 Å². The number of hydrogen-bond donors (Lipinski definition) is 4. The van der Waals surface area contributed by atoms with Crippen LogP contribution in [0.25, 0.3) is 10.9 Å². The normalized spacial score (nSPS) is 18.5. The molecule has 3 rings (SSSR count). The number of aromatic nitrogens is 1. The molecule has 2 aromatic rings. The maximum absolute atomic E-state index is 12.8. The second-order valence-electron chi connectivity index (χ2n) is 7.29. The molecule has 4 N–H and O–H groups in total. The molecule has 0 aliphatic carbocycles. The largest absolute Gasteiger partial charge is 0.465 e. The summed E-state index contributed by atoms with van der Waals surface area (Å²) in [7, 11) is 0. The van der Waals surface area contributed by atoms with Gasteiger partial charge in [-0.2, -0.15) is 0 Å². The van der Waals surface area contributed by atoms with E-state index in [1.807, 2.05) is 37.3 Å². The number of pyridine rings is 1. The van der Waals surface area contributed by atoms with Crippen LogP contribution in [0.4, 0.5) is 4.79 Å². The minimum absolute atomic E-state index is 0.241. The lowest BCUT2D eigenvalue weighted by atomic mass is 10.1. The smallest absolute Gasteiger partial charge is 0.405 e. The maximum Gasteiger partial charge on any atom is 0.405 e. The zero-order chi connectivity index (χ0) is 21.8. The SMILES string of the molecule is C[C@H](NC(=O)O)C(=O)N1CCC[C@@H](C(=O)N[C@H](C)c2ccc3ccc(Br)cc3n2)N1. The van der Waals surface area contributed by atoms with Gasteiger partial charge in [0.05, 0.1) is 17.3 Å². The van der Waals surface area contributed by atoms with Crippen LogP contribution >= 0.6 is 15.9 Å². The molecular formula is C20H24BrN5O4. The molecule has 1 aromatic heterocycles. The highest BCUT2D eigenvalue weighted by Crippen LogP contribution is 2.21. The molecule has 3 atom stereocenters. The molecule has 3 amide bonds. The van der Waals surface area contributed by atoms with E-state index in [4.69, 9.17) is 5.11 Å². The van der Waals surface area contributed by atoms with Crippen LogP contribution in [0.3, 0.4) is 0 Å². The van der Waals surface area contributed by atoms with E-state index in [-0.39, 0.29) is 11.9 Å². The van der Waals surface area contributed by atoms with Crippen LogP contribution in [-0.4, -0.2) is 51.6 Å². The average molecular weight is 478 g/mol. The second-order valence-corrected chi connectivity index (χ2v) is 8.20. The van der Waals surface area contributed by atoms with Gasteiger partial charge in [0.15, 0.2) is 0 Å². The van der Waals surface area contributed by atoms with Crippen LogP contribution in [0.2, 0.25) is 0 Å². The van der Waals surface area contributed by atoms with Crippen molar-refractivity contribution in [1.82, 2.24) is 26.1 Å². The zero-order valence-electron chi connectivity index (χ0n) is 16.7. The number of nitrogens with one attached hydrogen (secondary N) is 3. The molecule has 1 aliphatic heterocycles. The molecule has 9 nitrogen and oxygen atoms in total. The Kier molecular flexibility index (Phi) is 6.88. The Labute approximate surface area is 182 Å². The molecule has 1 saturated heterocycles. The first-order valence-electron chi connectivity index (χ1n) is 9.68. The number of amides is 3. The highest BCUT2D eigenvalue weighted by atomic mass is 79.9. The van der Waals surface area contributed by atoms with E-state index in [0.29, 0.717) is 19.4 Å². The topological polar surface area (TPSA) is 124 Å². The van der Waals surface area contributed by atoms with Crippen LogP contribution in [-0.2, 0) is 9.59 Å². The van der Waals surface area contributed by atoms with Gasteiger partial charge in [-0.15, -0.1) is 0 Å². The van der Waals surface area contributed by atoms with Crippen LogP contribution in [0.15, 0.2) is 34.8 Å². The molecule has 1 aliphatic rings. The zero-order valence-corrected chi connectivity index (χ0v) is 18.3. The number of benzene rings is 1. The van der Waals surface area contributed by atoms with Crippen molar-refractivity contribution in [3.8, 4) is 0 Å². The van der Waals surface area contributed by atoms with Crippen molar-refractivity contribution >= 4 is 44.7 Å². The van der Waals surface area contributed by atoms with Gasteiger partial charge in [0.1, 0.15) is 12.1 Å². The molecule has 1 fully saturated rings. The maximum atomic E-state index is 12.8. The summed E-state index contributed by atoms with van der Waals surface area (Å²) in [5, 5.41) is 16.2. The summed E-state index contributed by atoms with van der Waals surface area (Å²) in [6, 6.07) is 7.87. The first kappa shape index (κ1) is 22.0. The van der Waals surface area contributed by atoms with Crippen LogP contribution in [0, 0.1) is 0 Å². The van der Waals surface area contributed by atoms with E-state index in [1.165, 1.54) is 11.9 Å². The van der Waals surface area contributed by atoms with Gasteiger partial charge in [-0.1, -0.05) is 28.1 Å². The van der Waals surface area contributed by atoms with Gasteiger partial charge in [0.2, 0.25) is 5.91 Å². The Morgan fingerprint density at radius 1 is 1.23 bits per heavy atom. The molecule has 160 valence electrons. The monoisotopic (exact) mass is 477 g/mol. The Hall–Kier alpha value is -2.72. The Morgan fingerprint density at radius 3 is 2.70 bits per heavy atom. The molecule has 0 radical (unpaired) electrons. The summed E-state index contributed by atoms with van der Waals surface area (Å²) < 4.78 is 0.930. The summed E-state index contributed by atoms with van der Waals surface area (Å²) in [5.74, 6) is -0.667. The van der Waals surface area contributed by atoms with Gasteiger partial charge in [-0.05, 0) is 44.9 Å². The molecule has 2 heterocycles. The molecule has 0 unspecified atom stereocenters. The van der Waals surface area contributed by atoms with Crippen LogP contribution in [0.1, 0.15) is 38.4 Å². The third kappa shape index (κ3) is 5.25. The lowest BCUT2D eigenvalue weighted by molar-refractivity contribution is -0.141. The molecule has 10 heteroatoms. The summed E-state index contributed by atoms with van der Waals surface area (Å²) >= 11 is 3.44. The number of halogens is 1. The lowest BCUT2D eigenvalue weighted by Crippen LogP contribution is -2.60. The minimum atomic E-state index is -1.27. The minimum Gasteiger partial charge on any atom is -0.465 e. The van der Waals surface area contributed by atoms with Crippen LogP contribution < -0.4 is 16.1 Å². The number of hydrogen-bond acceptors (Lipinski definition) is 5. The van der Waals surface area contributed by atoms with Crippen molar-refractivity contribution in [3.05, 3.63) is 40.5 Å². The highest BCUT2D eigenvalue weighted by Gasteiger charge is 2.31. The number of nitrogens with zero attached hydrogens (tertiary/aromatic N) is 2. The number of carboxylic acid groups (broad SMARTS) is 1. The van der Waals surface area contributed by atoms with Crippen molar-refractivity contribution in [2.45, 2.75) is 44.8 Å². The van der Waals surface area contributed by atoms with E-state index in [1.54, 1.807) is 0 Å². The molecule has 30 heavy (non-hydrogen) atoms. The molecule has 0 saturated carbocycles. The van der Waals surface area contributed by atoms with Gasteiger partial charge in [-0.25, -0.2) is 10.2 Å². The summed E-state index contributed by atoms with van der Waals surface area (Å²) in [6.07, 6.45) is -0.0695. The van der Waals surface area contributed by atoms with Gasteiger partial charge < -0.3 is 15.7 Å². The molecule has 0 spiro atoms. The van der Waals surface area contributed by atoms with E-state index in [9.17, 15) is 14.4 Å². The van der Waals surface area contributed by atoms with Crippen LogP contribution in [0.5, 0.6) is 0 Å². The van der Waals surface area contributed by atoms with E-state index in [2.05, 4.69) is 37.0 Å². The Morgan fingerprint density at radius 2 is 1.97 bits per heavy atom. The van der Waals surface area contributed by atoms with Crippen molar-refractivity contribution in [3.63, 3.8) is 0 Å². The predicted molar refractivity (Wildman–Crippen MR) is 114 cm³/mol. The third-order valence-electron chi connectivity index (χ3n) is 4.96. The number of rotatable bonds is 5. The third-order valence-corrected chi connectivity index (χ3v) is 5.45. The van der Waals surface area contributed by atoms with E-state index < -0.39 is 24.1 Å². The lowest BCUT2D eigenvalue weighted by Gasteiger charge is -2.35. The number of fused-ring (bicyclic) bond motifs is 1. The van der Waals surface area contributed by atoms with Crippen molar-refractivity contribution in [2.24, 2.45) is 0 Å². The molecule has 1 aromatic carbocycles. The first-order chi connectivity index (χ1) is 14.2. The fourth-order valence-electron chi connectivity index (χ4n) is 3.35. The highest BCUT2D eigenvalue weighted by molar-refractivity contribution is 9.10. The summed E-state index contributed by atoms with van der Waals surface area (Å²) in [5.41, 5.74) is 4.48. The van der Waals surface area contributed by atoms with Gasteiger partial charge >= 0.3 is 6.09 Å². The Balaban J connectivity index is 1.63. The fraction of sp³-hybridized carbons (Fsp3) is 0.400. The number of carbonyl (C=O) groups excluding carboxylic acids is 2. The average Bonchev–Trinajstić information content (AvgIpc) is 2.72. The van der Waals surface area contributed by atoms with Gasteiger partial charge in [0, 0.05) is 16.4 Å². The number of hydrazine groups is 1. The van der Waals surface area contributed by atoms with Crippen molar-refractivity contribution in [1.29, 1.82) is 0 Å². The van der Waals surface area contributed by atoms with Crippen molar-refractivity contribution < 1.29 is 19.5 Å². The van der Waals surface area contributed by atoms with E-state index >= 15 is 0 Å².